The number of rotatable bonds is 5. The second-order valence-corrected chi connectivity index (χ2v) is 7.54. The van der Waals surface area contributed by atoms with Gasteiger partial charge in [0.2, 0.25) is 0 Å². The lowest BCUT2D eigenvalue weighted by molar-refractivity contribution is 0.0790. The van der Waals surface area contributed by atoms with E-state index in [0.29, 0.717) is 19.8 Å². The van der Waals surface area contributed by atoms with Gasteiger partial charge in [-0.3, -0.25) is 4.79 Å². The number of carbonyl (C=O) groups is 1. The number of benzene rings is 2. The van der Waals surface area contributed by atoms with E-state index in [9.17, 15) is 4.79 Å². The molecule has 0 bridgehead atoms. The van der Waals surface area contributed by atoms with Gasteiger partial charge in [0, 0.05) is 29.6 Å². The van der Waals surface area contributed by atoms with Crippen LogP contribution in [0.3, 0.4) is 0 Å². The molecule has 2 heterocycles. The van der Waals surface area contributed by atoms with Crippen LogP contribution in [0.5, 0.6) is 11.5 Å². The maximum atomic E-state index is 12.9. The molecule has 0 unspecified atom stereocenters. The average molecular weight is 379 g/mol. The first-order valence-electron chi connectivity index (χ1n) is 8.98. The average Bonchev–Trinajstić information content (AvgIpc) is 3.14. The molecule has 0 aliphatic carbocycles. The molecule has 3 aromatic rings. The van der Waals surface area contributed by atoms with Crippen LogP contribution in [-0.4, -0.2) is 24.5 Å². The van der Waals surface area contributed by atoms with Crippen LogP contribution in [0.25, 0.3) is 10.4 Å². The fraction of sp³-hybridized carbons (Fsp3) is 0.227. The Morgan fingerprint density at radius 3 is 2.74 bits per heavy atom. The quantitative estimate of drug-likeness (QED) is 0.628. The number of carbonyl (C=O) groups excluding carboxylic acids is 1. The van der Waals surface area contributed by atoms with Crippen molar-refractivity contribution in [1.82, 2.24) is 4.90 Å². The molecule has 0 radical (unpaired) electrons. The maximum absolute atomic E-state index is 12.9. The Labute approximate surface area is 163 Å². The molecule has 138 valence electrons. The Balaban J connectivity index is 1.51. The Kier molecular flexibility index (Phi) is 4.86. The van der Waals surface area contributed by atoms with Crippen molar-refractivity contribution in [2.24, 2.45) is 0 Å². The Bertz CT molecular complexity index is 962. The van der Waals surface area contributed by atoms with Crippen molar-refractivity contribution in [2.45, 2.75) is 20.1 Å². The highest BCUT2D eigenvalue weighted by atomic mass is 32.1. The molecule has 5 heteroatoms. The third-order valence-corrected chi connectivity index (χ3v) is 5.73. The standard InChI is InChI=1S/C22H21NO3S/c1-3-25-17-10-8-15(9-11-17)13-23(2)22(24)20-12-16-14-26-19-7-5-4-6-18(19)21(16)27-20/h4-12H,3,13-14H2,1-2H3. The number of nitrogens with zero attached hydrogens (tertiary/aromatic N) is 1. The van der Waals surface area contributed by atoms with Crippen LogP contribution in [0.2, 0.25) is 0 Å². The normalized spacial score (nSPS) is 11.9. The molecule has 1 aromatic heterocycles. The predicted octanol–water partition coefficient (Wildman–Crippen LogP) is 4.98. The van der Waals surface area contributed by atoms with Crippen molar-refractivity contribution in [3.63, 3.8) is 0 Å². The summed E-state index contributed by atoms with van der Waals surface area (Å²) in [7, 11) is 1.84. The zero-order valence-electron chi connectivity index (χ0n) is 15.4. The van der Waals surface area contributed by atoms with Gasteiger partial charge < -0.3 is 14.4 Å². The number of thiophene rings is 1. The van der Waals surface area contributed by atoms with Gasteiger partial charge in [-0.2, -0.15) is 0 Å². The third kappa shape index (κ3) is 3.55. The molecule has 2 aromatic carbocycles. The van der Waals surface area contributed by atoms with Gasteiger partial charge >= 0.3 is 0 Å². The summed E-state index contributed by atoms with van der Waals surface area (Å²) in [6, 6.07) is 17.8. The highest BCUT2D eigenvalue weighted by Gasteiger charge is 2.23. The highest BCUT2D eigenvalue weighted by molar-refractivity contribution is 7.17. The van der Waals surface area contributed by atoms with Gasteiger partial charge in [-0.25, -0.2) is 0 Å². The first-order valence-corrected chi connectivity index (χ1v) is 9.79. The van der Waals surface area contributed by atoms with E-state index in [1.54, 1.807) is 16.2 Å². The van der Waals surface area contributed by atoms with E-state index in [4.69, 9.17) is 9.47 Å². The van der Waals surface area contributed by atoms with Crippen molar-refractivity contribution in [1.29, 1.82) is 0 Å². The fourth-order valence-corrected chi connectivity index (χ4v) is 4.39. The molecule has 1 amide bonds. The SMILES string of the molecule is CCOc1ccc(CN(C)C(=O)c2cc3c(s2)-c2ccccc2OC3)cc1. The number of fused-ring (bicyclic) bond motifs is 3. The van der Waals surface area contributed by atoms with Crippen molar-refractivity contribution >= 4 is 17.2 Å². The summed E-state index contributed by atoms with van der Waals surface area (Å²) in [5.41, 5.74) is 3.22. The minimum Gasteiger partial charge on any atom is -0.494 e. The largest absolute Gasteiger partial charge is 0.494 e. The van der Waals surface area contributed by atoms with Crippen LogP contribution < -0.4 is 9.47 Å². The number of hydrogen-bond acceptors (Lipinski definition) is 4. The molecule has 0 atom stereocenters. The smallest absolute Gasteiger partial charge is 0.263 e. The summed E-state index contributed by atoms with van der Waals surface area (Å²) in [4.78, 5) is 16.5. The van der Waals surface area contributed by atoms with E-state index < -0.39 is 0 Å². The molecule has 0 fully saturated rings. The number of hydrogen-bond donors (Lipinski definition) is 0. The molecule has 0 N–H and O–H groups in total. The highest BCUT2D eigenvalue weighted by Crippen LogP contribution is 2.42. The summed E-state index contributed by atoms with van der Waals surface area (Å²) in [6.07, 6.45) is 0. The monoisotopic (exact) mass is 379 g/mol. The topological polar surface area (TPSA) is 38.8 Å². The minimum atomic E-state index is 0.0285. The van der Waals surface area contributed by atoms with Crippen LogP contribution in [0.4, 0.5) is 0 Å². The number of para-hydroxylation sites is 1. The minimum absolute atomic E-state index is 0.0285. The van der Waals surface area contributed by atoms with Gasteiger partial charge in [0.1, 0.15) is 18.1 Å². The van der Waals surface area contributed by atoms with Gasteiger partial charge in [0.05, 0.1) is 11.5 Å². The second kappa shape index (κ2) is 7.45. The number of ether oxygens (including phenoxy) is 2. The molecular weight excluding hydrogens is 358 g/mol. The van der Waals surface area contributed by atoms with E-state index in [-0.39, 0.29) is 5.91 Å². The van der Waals surface area contributed by atoms with Crippen molar-refractivity contribution < 1.29 is 14.3 Å². The first kappa shape index (κ1) is 17.6. The third-order valence-electron chi connectivity index (χ3n) is 4.54. The molecule has 27 heavy (non-hydrogen) atoms. The van der Waals surface area contributed by atoms with Gasteiger partial charge in [-0.1, -0.05) is 24.3 Å². The van der Waals surface area contributed by atoms with Crippen molar-refractivity contribution in [2.75, 3.05) is 13.7 Å². The Hall–Kier alpha value is -2.79. The lowest BCUT2D eigenvalue weighted by Crippen LogP contribution is -2.25. The molecule has 1 aliphatic heterocycles. The van der Waals surface area contributed by atoms with E-state index in [2.05, 4.69) is 0 Å². The van der Waals surface area contributed by atoms with Crippen LogP contribution >= 0.6 is 11.3 Å². The van der Waals surface area contributed by atoms with E-state index >= 15 is 0 Å². The molecular formula is C22H21NO3S. The van der Waals surface area contributed by atoms with Gasteiger partial charge in [0.25, 0.3) is 5.91 Å². The van der Waals surface area contributed by atoms with Crippen molar-refractivity contribution in [3.8, 4) is 21.9 Å². The maximum Gasteiger partial charge on any atom is 0.263 e. The zero-order valence-corrected chi connectivity index (χ0v) is 16.2. The van der Waals surface area contributed by atoms with E-state index in [1.165, 1.54) is 0 Å². The Morgan fingerprint density at radius 2 is 1.96 bits per heavy atom. The van der Waals surface area contributed by atoms with Crippen LogP contribution in [-0.2, 0) is 13.2 Å². The van der Waals surface area contributed by atoms with Gasteiger partial charge in [0.15, 0.2) is 0 Å². The Morgan fingerprint density at radius 1 is 1.19 bits per heavy atom. The number of amides is 1. The summed E-state index contributed by atoms with van der Waals surface area (Å²) >= 11 is 1.54. The van der Waals surface area contributed by atoms with Crippen LogP contribution in [0, 0.1) is 0 Å². The molecule has 0 spiro atoms. The lowest BCUT2D eigenvalue weighted by atomic mass is 10.1. The zero-order chi connectivity index (χ0) is 18.8. The predicted molar refractivity (Wildman–Crippen MR) is 107 cm³/mol. The van der Waals surface area contributed by atoms with Crippen LogP contribution in [0.15, 0.2) is 54.6 Å². The molecule has 4 nitrogen and oxygen atoms in total. The molecule has 4 rings (SSSR count). The fourth-order valence-electron chi connectivity index (χ4n) is 3.20. The second-order valence-electron chi connectivity index (χ2n) is 6.49. The van der Waals surface area contributed by atoms with Crippen LogP contribution in [0.1, 0.15) is 27.7 Å². The van der Waals surface area contributed by atoms with E-state index in [1.807, 2.05) is 68.6 Å². The summed E-state index contributed by atoms with van der Waals surface area (Å²) in [6.45, 7) is 3.68. The summed E-state index contributed by atoms with van der Waals surface area (Å²) in [5, 5.41) is 0. The molecule has 0 saturated carbocycles. The van der Waals surface area contributed by atoms with Gasteiger partial charge in [-0.05, 0) is 42.8 Å². The summed E-state index contributed by atoms with van der Waals surface area (Å²) in [5.74, 6) is 1.76. The van der Waals surface area contributed by atoms with Gasteiger partial charge in [-0.15, -0.1) is 11.3 Å². The van der Waals surface area contributed by atoms with E-state index in [0.717, 1.165) is 37.9 Å². The molecule has 1 aliphatic rings. The molecule has 0 saturated heterocycles. The van der Waals surface area contributed by atoms with Crippen molar-refractivity contribution in [3.05, 3.63) is 70.6 Å². The first-order chi connectivity index (χ1) is 13.2. The lowest BCUT2D eigenvalue weighted by Gasteiger charge is -2.16. The summed E-state index contributed by atoms with van der Waals surface area (Å²) < 4.78 is 11.3.